The fourth-order valence-electron chi connectivity index (χ4n) is 3.17. The maximum atomic E-state index is 12.6. The fourth-order valence-corrected chi connectivity index (χ4v) is 3.17. The van der Waals surface area contributed by atoms with Gasteiger partial charge in [0.25, 0.3) is 0 Å². The van der Waals surface area contributed by atoms with E-state index in [1.54, 1.807) is 7.11 Å². The zero-order chi connectivity index (χ0) is 17.2. The topological polar surface area (TPSA) is 58.6 Å². The molecule has 0 saturated heterocycles. The quantitative estimate of drug-likeness (QED) is 0.701. The van der Waals surface area contributed by atoms with Crippen LogP contribution in [0, 0.1) is 5.92 Å². The zero-order valence-electron chi connectivity index (χ0n) is 14.9. The normalized spacial score (nSPS) is 14.4. The molecule has 5 nitrogen and oxygen atoms in total. The van der Waals surface area contributed by atoms with Gasteiger partial charge in [-0.15, -0.1) is 0 Å². The molecule has 0 heterocycles. The van der Waals surface area contributed by atoms with Crippen LogP contribution in [-0.2, 0) is 39.3 Å². The molecule has 2 rings (SSSR count). The summed E-state index contributed by atoms with van der Waals surface area (Å²) < 4.78 is 5.12. The summed E-state index contributed by atoms with van der Waals surface area (Å²) in [5, 5.41) is 2.89. The molecule has 1 aromatic rings. The predicted octanol–water partition coefficient (Wildman–Crippen LogP) is 2.36. The van der Waals surface area contributed by atoms with Crippen molar-refractivity contribution in [1.82, 2.24) is 10.2 Å². The minimum Gasteiger partial charge on any atom is -0.364 e. The van der Waals surface area contributed by atoms with E-state index < -0.39 is 0 Å². The predicted molar refractivity (Wildman–Crippen MR) is 93.3 cm³/mol. The second-order valence-electron chi connectivity index (χ2n) is 6.37. The van der Waals surface area contributed by atoms with E-state index in [4.69, 9.17) is 4.74 Å². The van der Waals surface area contributed by atoms with E-state index in [0.717, 1.165) is 32.1 Å². The van der Waals surface area contributed by atoms with Crippen LogP contribution in [0.3, 0.4) is 0 Å². The molecule has 1 radical (unpaired) electrons. The number of benzene rings is 1. The van der Waals surface area contributed by atoms with Gasteiger partial charge in [-0.2, -0.15) is 0 Å². The molecule has 25 heavy (non-hydrogen) atoms. The summed E-state index contributed by atoms with van der Waals surface area (Å²) in [5.74, 6) is -0.0343. The molecule has 0 spiro atoms. The molecular weight excluding hydrogens is 355 g/mol. The molecular formula is C19H28N2O3V. The first kappa shape index (κ1) is 21.7. The number of hydrogen-bond acceptors (Lipinski definition) is 3. The maximum Gasteiger partial charge on any atom is 0.239 e. The third kappa shape index (κ3) is 7.63. The van der Waals surface area contributed by atoms with Gasteiger partial charge in [-0.05, 0) is 24.8 Å². The molecule has 0 bridgehead atoms. The van der Waals surface area contributed by atoms with Crippen LogP contribution in [0.25, 0.3) is 0 Å². The van der Waals surface area contributed by atoms with Crippen LogP contribution in [0.1, 0.15) is 37.7 Å². The van der Waals surface area contributed by atoms with Crippen LogP contribution in [0.2, 0.25) is 0 Å². The first-order valence-electron chi connectivity index (χ1n) is 8.79. The van der Waals surface area contributed by atoms with E-state index in [1.807, 2.05) is 30.3 Å². The van der Waals surface area contributed by atoms with Crippen LogP contribution in [0.15, 0.2) is 30.3 Å². The second-order valence-corrected chi connectivity index (χ2v) is 6.37. The van der Waals surface area contributed by atoms with E-state index in [1.165, 1.54) is 16.9 Å². The standard InChI is InChI=1S/C19H28N2O3.V/c1-24-15-21(19(23)17-10-6-3-7-11-17)14-18(22)20-13-12-16-8-4-2-5-9-16;/h2,4-5,8-9,17H,3,6-7,10-15H2,1H3,(H,20,22);. The second kappa shape index (κ2) is 12.1. The number of hydrogen-bond donors (Lipinski definition) is 1. The molecule has 1 saturated carbocycles. The van der Waals surface area contributed by atoms with Gasteiger partial charge in [0.15, 0.2) is 0 Å². The summed E-state index contributed by atoms with van der Waals surface area (Å²) in [6.45, 7) is 0.806. The summed E-state index contributed by atoms with van der Waals surface area (Å²) >= 11 is 0. The molecule has 0 unspecified atom stereocenters. The van der Waals surface area contributed by atoms with E-state index in [9.17, 15) is 9.59 Å². The summed E-state index contributed by atoms with van der Waals surface area (Å²) in [7, 11) is 1.55. The van der Waals surface area contributed by atoms with Gasteiger partial charge in [-0.25, -0.2) is 0 Å². The first-order chi connectivity index (χ1) is 11.7. The molecule has 0 aliphatic heterocycles. The van der Waals surface area contributed by atoms with Crippen molar-refractivity contribution in [3.8, 4) is 0 Å². The number of rotatable bonds is 8. The van der Waals surface area contributed by atoms with Crippen molar-refractivity contribution in [2.75, 3.05) is 26.9 Å². The van der Waals surface area contributed by atoms with Crippen LogP contribution in [-0.4, -0.2) is 43.6 Å². The number of amides is 2. The van der Waals surface area contributed by atoms with Crippen molar-refractivity contribution >= 4 is 11.8 Å². The minimum atomic E-state index is -0.132. The van der Waals surface area contributed by atoms with Crippen molar-refractivity contribution in [1.29, 1.82) is 0 Å². The smallest absolute Gasteiger partial charge is 0.239 e. The Hall–Kier alpha value is -1.30. The van der Waals surface area contributed by atoms with Gasteiger partial charge in [-0.1, -0.05) is 49.6 Å². The third-order valence-corrected chi connectivity index (χ3v) is 4.46. The van der Waals surface area contributed by atoms with Gasteiger partial charge in [0.05, 0.1) is 0 Å². The Labute approximate surface area is 162 Å². The van der Waals surface area contributed by atoms with Crippen molar-refractivity contribution in [2.45, 2.75) is 38.5 Å². The number of nitrogens with zero attached hydrogens (tertiary/aromatic N) is 1. The van der Waals surface area contributed by atoms with E-state index >= 15 is 0 Å². The SMILES string of the molecule is COCN(CC(=O)NCCc1ccccc1)C(=O)C1CCCCC1.[V]. The van der Waals surface area contributed by atoms with Crippen molar-refractivity contribution in [3.05, 3.63) is 35.9 Å². The molecule has 1 N–H and O–H groups in total. The van der Waals surface area contributed by atoms with Gasteiger partial charge in [0.2, 0.25) is 11.8 Å². The van der Waals surface area contributed by atoms with E-state index in [-0.39, 0.29) is 49.6 Å². The molecule has 2 amide bonds. The van der Waals surface area contributed by atoms with Crippen molar-refractivity contribution in [2.24, 2.45) is 5.92 Å². The summed E-state index contributed by atoms with van der Waals surface area (Å²) in [6, 6.07) is 10.0. The largest absolute Gasteiger partial charge is 0.364 e. The maximum absolute atomic E-state index is 12.6. The van der Waals surface area contributed by atoms with Crippen molar-refractivity contribution < 1.29 is 32.9 Å². The van der Waals surface area contributed by atoms with Gasteiger partial charge >= 0.3 is 0 Å². The fraction of sp³-hybridized carbons (Fsp3) is 0.579. The Balaban J connectivity index is 0.00000312. The Bertz CT molecular complexity index is 519. The number of methoxy groups -OCH3 is 1. The average Bonchev–Trinajstić information content (AvgIpc) is 2.62. The van der Waals surface area contributed by atoms with Crippen LogP contribution < -0.4 is 5.32 Å². The molecule has 1 fully saturated rings. The average molecular weight is 383 g/mol. The zero-order valence-corrected chi connectivity index (χ0v) is 16.3. The van der Waals surface area contributed by atoms with E-state index in [2.05, 4.69) is 5.32 Å². The Morgan fingerprint density at radius 1 is 1.16 bits per heavy atom. The van der Waals surface area contributed by atoms with Gasteiger partial charge in [0.1, 0.15) is 13.3 Å². The number of ether oxygens (including phenoxy) is 1. The number of carbonyl (C=O) groups is 2. The molecule has 1 aliphatic carbocycles. The molecule has 0 atom stereocenters. The van der Waals surface area contributed by atoms with Crippen molar-refractivity contribution in [3.63, 3.8) is 0 Å². The number of nitrogens with one attached hydrogen (secondary N) is 1. The van der Waals surface area contributed by atoms with Gasteiger partial charge in [-0.3, -0.25) is 9.59 Å². The van der Waals surface area contributed by atoms with E-state index in [0.29, 0.717) is 6.54 Å². The molecule has 1 aromatic carbocycles. The van der Waals surface area contributed by atoms with Crippen LogP contribution in [0.4, 0.5) is 0 Å². The molecule has 6 heteroatoms. The third-order valence-electron chi connectivity index (χ3n) is 4.46. The Morgan fingerprint density at radius 2 is 1.84 bits per heavy atom. The van der Waals surface area contributed by atoms with Gasteiger partial charge in [0, 0.05) is 38.1 Å². The molecule has 1 aliphatic rings. The summed E-state index contributed by atoms with van der Waals surface area (Å²) in [4.78, 5) is 26.3. The van der Waals surface area contributed by atoms with Crippen LogP contribution in [0.5, 0.6) is 0 Å². The minimum absolute atomic E-state index is 0. The van der Waals surface area contributed by atoms with Gasteiger partial charge < -0.3 is 15.0 Å². The Kier molecular flexibility index (Phi) is 10.5. The first-order valence-corrected chi connectivity index (χ1v) is 8.79. The molecule has 0 aromatic heterocycles. The molecule has 137 valence electrons. The summed E-state index contributed by atoms with van der Waals surface area (Å²) in [6.07, 6.45) is 6.03. The number of carbonyl (C=O) groups excluding carboxylic acids is 2. The van der Waals surface area contributed by atoms with Crippen LogP contribution >= 0.6 is 0 Å². The summed E-state index contributed by atoms with van der Waals surface area (Å²) in [5.41, 5.74) is 1.19. The monoisotopic (exact) mass is 383 g/mol. The Morgan fingerprint density at radius 3 is 2.48 bits per heavy atom.